The lowest BCUT2D eigenvalue weighted by Gasteiger charge is -2.26. The van der Waals surface area contributed by atoms with Gasteiger partial charge in [0.15, 0.2) is 0 Å². The minimum Gasteiger partial charge on any atom is -0.469 e. The summed E-state index contributed by atoms with van der Waals surface area (Å²) in [5.41, 5.74) is 10.3. The van der Waals surface area contributed by atoms with E-state index in [9.17, 15) is 9.59 Å². The summed E-state index contributed by atoms with van der Waals surface area (Å²) in [5, 5.41) is 1.02. The number of carbonyl (C=O) groups excluding carboxylic acids is 2. The number of primary amides is 1. The quantitative estimate of drug-likeness (QED) is 0.489. The number of hydrogen-bond donors (Lipinski definition) is 1. The second-order valence-electron chi connectivity index (χ2n) is 8.57. The van der Waals surface area contributed by atoms with Gasteiger partial charge in [-0.3, -0.25) is 14.5 Å². The topological polar surface area (TPSA) is 99.7 Å². The van der Waals surface area contributed by atoms with Crippen LogP contribution in [0.3, 0.4) is 0 Å². The third-order valence-corrected chi connectivity index (χ3v) is 6.49. The molecule has 1 saturated heterocycles. The monoisotopic (exact) mass is 464 g/mol. The number of ether oxygens (including phenoxy) is 2. The van der Waals surface area contributed by atoms with Gasteiger partial charge in [0.2, 0.25) is 0 Å². The summed E-state index contributed by atoms with van der Waals surface area (Å²) in [7, 11) is 1.38. The first-order valence-electron chi connectivity index (χ1n) is 11.7. The van der Waals surface area contributed by atoms with Gasteiger partial charge in [-0.25, -0.2) is 4.98 Å². The van der Waals surface area contributed by atoms with Crippen molar-refractivity contribution in [3.63, 3.8) is 0 Å². The summed E-state index contributed by atoms with van der Waals surface area (Å²) in [6, 6.07) is 11.8. The number of pyridine rings is 1. The predicted octanol–water partition coefficient (Wildman–Crippen LogP) is 2.94. The van der Waals surface area contributed by atoms with Crippen LogP contribution in [0.5, 0.6) is 0 Å². The number of nitrogens with zero attached hydrogens (tertiary/aromatic N) is 3. The number of fused-ring (bicyclic) bond motifs is 1. The van der Waals surface area contributed by atoms with Crippen molar-refractivity contribution in [2.45, 2.75) is 32.7 Å². The lowest BCUT2D eigenvalue weighted by molar-refractivity contribution is -0.140. The highest BCUT2D eigenvalue weighted by Gasteiger charge is 2.26. The number of para-hydroxylation sites is 1. The third kappa shape index (κ3) is 5.13. The second kappa shape index (κ2) is 10.8. The Hall–Kier alpha value is -3.23. The molecule has 8 heteroatoms. The van der Waals surface area contributed by atoms with Crippen molar-refractivity contribution in [1.29, 1.82) is 0 Å². The summed E-state index contributed by atoms with van der Waals surface area (Å²) >= 11 is 0. The van der Waals surface area contributed by atoms with Gasteiger partial charge in [0.1, 0.15) is 0 Å². The molecule has 180 valence electrons. The summed E-state index contributed by atoms with van der Waals surface area (Å²) in [5.74, 6) is -0.787. The summed E-state index contributed by atoms with van der Waals surface area (Å²) in [6.07, 6.45) is 1.55. The number of methoxy groups -OCH3 is 1. The molecule has 0 bridgehead atoms. The van der Waals surface area contributed by atoms with E-state index in [1.807, 2.05) is 43.3 Å². The average Bonchev–Trinajstić information content (AvgIpc) is 3.14. The minimum atomic E-state index is -0.492. The lowest BCUT2D eigenvalue weighted by Crippen LogP contribution is -2.37. The zero-order chi connectivity index (χ0) is 24.1. The molecule has 0 radical (unpaired) electrons. The van der Waals surface area contributed by atoms with Crippen LogP contribution >= 0.6 is 0 Å². The third-order valence-electron chi connectivity index (χ3n) is 6.49. The Kier molecular flexibility index (Phi) is 7.59. The van der Waals surface area contributed by atoms with Crippen LogP contribution in [0.15, 0.2) is 36.4 Å². The number of nitrogens with two attached hydrogens (primary N) is 1. The molecule has 1 fully saturated rings. The van der Waals surface area contributed by atoms with Crippen molar-refractivity contribution in [2.75, 3.05) is 40.0 Å². The van der Waals surface area contributed by atoms with E-state index in [1.54, 1.807) is 0 Å². The van der Waals surface area contributed by atoms with Crippen LogP contribution < -0.4 is 5.73 Å². The maximum absolute atomic E-state index is 12.6. The number of aromatic nitrogens is 2. The Bertz CT molecular complexity index is 1180. The van der Waals surface area contributed by atoms with E-state index in [0.29, 0.717) is 29.8 Å². The molecule has 0 saturated carbocycles. The largest absolute Gasteiger partial charge is 0.469 e. The molecular weight excluding hydrogens is 432 g/mol. The number of amides is 1. The van der Waals surface area contributed by atoms with E-state index in [0.717, 1.165) is 61.6 Å². The van der Waals surface area contributed by atoms with Gasteiger partial charge < -0.3 is 19.8 Å². The van der Waals surface area contributed by atoms with Crippen LogP contribution in [0.4, 0.5) is 0 Å². The van der Waals surface area contributed by atoms with Crippen LogP contribution in [0.2, 0.25) is 0 Å². The van der Waals surface area contributed by atoms with Gasteiger partial charge in [-0.05, 0) is 31.9 Å². The molecular formula is C26H32N4O4. The number of esters is 1. The number of carbonyl (C=O) groups is 2. The van der Waals surface area contributed by atoms with Crippen LogP contribution in [-0.4, -0.2) is 66.3 Å². The first-order chi connectivity index (χ1) is 16.5. The van der Waals surface area contributed by atoms with Crippen LogP contribution in [0, 0.1) is 6.92 Å². The van der Waals surface area contributed by atoms with E-state index in [4.69, 9.17) is 20.2 Å². The Balaban J connectivity index is 1.74. The number of hydrogen-bond acceptors (Lipinski definition) is 6. The highest BCUT2D eigenvalue weighted by atomic mass is 16.5. The van der Waals surface area contributed by atoms with Crippen molar-refractivity contribution in [3.05, 3.63) is 53.3 Å². The Morgan fingerprint density at radius 2 is 1.88 bits per heavy atom. The van der Waals surface area contributed by atoms with Crippen molar-refractivity contribution < 1.29 is 19.1 Å². The van der Waals surface area contributed by atoms with Gasteiger partial charge >= 0.3 is 5.97 Å². The summed E-state index contributed by atoms with van der Waals surface area (Å²) in [6.45, 7) is 6.95. The maximum Gasteiger partial charge on any atom is 0.305 e. The van der Waals surface area contributed by atoms with Gasteiger partial charge in [0.05, 0.1) is 43.5 Å². The smallest absolute Gasteiger partial charge is 0.305 e. The normalized spacial score (nSPS) is 14.4. The molecule has 3 aromatic rings. The SMILES string of the molecule is COC(=O)CCc1c(-c2ccc3ccccc3n2)c(C(N)=O)c(C)n1CCCN1CCOCC1. The van der Waals surface area contributed by atoms with E-state index >= 15 is 0 Å². The van der Waals surface area contributed by atoms with E-state index in [1.165, 1.54) is 7.11 Å². The molecule has 2 N–H and O–H groups in total. The Labute approximate surface area is 199 Å². The standard InChI is InChI=1S/C26H32N4O4/c1-18-24(26(27)32)25(21-9-8-19-6-3-4-7-20(19)28-21)22(10-11-23(31)33-2)30(18)13-5-12-29-14-16-34-17-15-29/h3-4,6-9H,5,10-17H2,1-2H3,(H2,27,32). The van der Waals surface area contributed by atoms with E-state index in [-0.39, 0.29) is 12.4 Å². The maximum atomic E-state index is 12.6. The van der Waals surface area contributed by atoms with E-state index < -0.39 is 5.91 Å². The zero-order valence-corrected chi connectivity index (χ0v) is 19.9. The molecule has 1 aliphatic rings. The molecule has 1 aromatic carbocycles. The zero-order valence-electron chi connectivity index (χ0n) is 19.9. The fourth-order valence-corrected chi connectivity index (χ4v) is 4.74. The molecule has 3 heterocycles. The van der Waals surface area contributed by atoms with E-state index in [2.05, 4.69) is 9.47 Å². The summed E-state index contributed by atoms with van der Waals surface area (Å²) < 4.78 is 12.5. The molecule has 0 atom stereocenters. The number of rotatable bonds is 9. The molecule has 0 spiro atoms. The predicted molar refractivity (Wildman–Crippen MR) is 131 cm³/mol. The molecule has 34 heavy (non-hydrogen) atoms. The second-order valence-corrected chi connectivity index (χ2v) is 8.57. The highest BCUT2D eigenvalue weighted by molar-refractivity contribution is 6.02. The lowest BCUT2D eigenvalue weighted by atomic mass is 10.0. The van der Waals surface area contributed by atoms with Crippen LogP contribution in [-0.2, 0) is 27.2 Å². The van der Waals surface area contributed by atoms with Crippen molar-refractivity contribution in [1.82, 2.24) is 14.5 Å². The molecule has 0 aliphatic carbocycles. The molecule has 8 nitrogen and oxygen atoms in total. The summed E-state index contributed by atoms with van der Waals surface area (Å²) in [4.78, 5) is 31.9. The first-order valence-corrected chi connectivity index (χ1v) is 11.7. The molecule has 4 rings (SSSR count). The van der Waals surface area contributed by atoms with Gasteiger partial charge in [-0.15, -0.1) is 0 Å². The Morgan fingerprint density at radius 1 is 1.12 bits per heavy atom. The first kappa shape index (κ1) is 23.9. The molecule has 0 unspecified atom stereocenters. The van der Waals surface area contributed by atoms with Crippen molar-refractivity contribution in [3.8, 4) is 11.3 Å². The van der Waals surface area contributed by atoms with Gasteiger partial charge in [0.25, 0.3) is 5.91 Å². The van der Waals surface area contributed by atoms with Crippen molar-refractivity contribution >= 4 is 22.8 Å². The molecule has 1 aliphatic heterocycles. The molecule has 2 aromatic heterocycles. The minimum absolute atomic E-state index is 0.211. The number of morpholine rings is 1. The fraction of sp³-hybridized carbons (Fsp3) is 0.423. The van der Waals surface area contributed by atoms with Gasteiger partial charge in [0, 0.05) is 48.5 Å². The number of benzene rings is 1. The average molecular weight is 465 g/mol. The van der Waals surface area contributed by atoms with Crippen LogP contribution in [0.25, 0.3) is 22.2 Å². The Morgan fingerprint density at radius 3 is 2.62 bits per heavy atom. The van der Waals surface area contributed by atoms with Crippen LogP contribution in [0.1, 0.15) is 34.6 Å². The van der Waals surface area contributed by atoms with Gasteiger partial charge in [-0.2, -0.15) is 0 Å². The highest BCUT2D eigenvalue weighted by Crippen LogP contribution is 2.34. The van der Waals surface area contributed by atoms with Gasteiger partial charge in [-0.1, -0.05) is 24.3 Å². The molecule has 1 amide bonds. The fourth-order valence-electron chi connectivity index (χ4n) is 4.74. The van der Waals surface area contributed by atoms with Crippen molar-refractivity contribution in [2.24, 2.45) is 5.73 Å².